The van der Waals surface area contributed by atoms with Crippen LogP contribution in [0.1, 0.15) is 340 Å². The van der Waals surface area contributed by atoms with Crippen molar-refractivity contribution in [2.75, 3.05) is 45.8 Å². The molecule has 17 nitrogen and oxygen atoms in total. The molecule has 117 heavy (non-hydrogen) atoms. The van der Waals surface area contributed by atoms with Crippen LogP contribution in [0.15, 0.2) is 161 Å². The first-order valence-electron chi connectivity index (χ1n) is 44.0. The van der Waals surface area contributed by atoms with Gasteiger partial charge in [0.1, 0.15) is 16.3 Å². The number of hydrogen-bond donors (Lipinski definition) is 0. The Hall–Kier alpha value is -6.91. The normalized spacial score (nSPS) is 16.6. The molecule has 2 atom stereocenters. The summed E-state index contributed by atoms with van der Waals surface area (Å²) in [6.45, 7) is 67.2. The Bertz CT molecular complexity index is 3460. The van der Waals surface area contributed by atoms with Gasteiger partial charge in [-0.3, -0.25) is 34.4 Å². The molecule has 7 aliphatic rings. The Balaban J connectivity index is 0.000000267. The van der Waals surface area contributed by atoms with Gasteiger partial charge in [0, 0.05) is 158 Å². The summed E-state index contributed by atoms with van der Waals surface area (Å²) in [5.74, 6) is 7.51. The van der Waals surface area contributed by atoms with Crippen molar-refractivity contribution < 1.29 is 9.21 Å². The maximum absolute atomic E-state index is 11.3. The quantitative estimate of drug-likeness (QED) is 0.106. The van der Waals surface area contributed by atoms with E-state index in [1.807, 2.05) is 117 Å². The maximum Gasteiger partial charge on any atom is 0.225 e. The lowest BCUT2D eigenvalue weighted by Crippen LogP contribution is -2.61. The molecule has 12 heterocycles. The fourth-order valence-electron chi connectivity index (χ4n) is 13.3. The zero-order valence-electron chi connectivity index (χ0n) is 77.1. The number of nitrogens with zero attached hydrogens (tertiary/aromatic N) is 15. The molecule has 1 amide bonds. The number of aromatic nitrogens is 10. The largest absolute Gasteiger partial charge is 0.428 e. The van der Waals surface area contributed by atoms with Gasteiger partial charge in [0.05, 0.1) is 10.5 Å². The molecule has 16 rings (SSSR count). The van der Waals surface area contributed by atoms with Crippen LogP contribution in [0.5, 0.6) is 0 Å². The lowest BCUT2D eigenvalue weighted by atomic mass is 9.63. The summed E-state index contributed by atoms with van der Waals surface area (Å²) >= 11 is 5.05. The Morgan fingerprint density at radius 2 is 0.974 bits per heavy atom. The molecule has 0 unspecified atom stereocenters. The number of carbonyl (C=O) groups is 1. The van der Waals surface area contributed by atoms with Gasteiger partial charge in [0.25, 0.3) is 0 Å². The number of thiazole rings is 2. The predicted molar refractivity (Wildman–Crippen MR) is 497 cm³/mol. The van der Waals surface area contributed by atoms with Crippen molar-refractivity contribution in [2.45, 2.75) is 328 Å². The lowest BCUT2D eigenvalue weighted by Gasteiger charge is -2.57. The van der Waals surface area contributed by atoms with Gasteiger partial charge in [0.2, 0.25) is 18.2 Å². The molecule has 0 bridgehead atoms. The number of likely N-dealkylation sites (tertiary alicyclic amines) is 4. The highest BCUT2D eigenvalue weighted by atomic mass is 32.1. The van der Waals surface area contributed by atoms with Crippen LogP contribution >= 0.6 is 34.0 Å². The van der Waals surface area contributed by atoms with E-state index < -0.39 is 0 Å². The number of benzene rings is 2. The van der Waals surface area contributed by atoms with E-state index in [-0.39, 0.29) is 5.92 Å². The zero-order chi connectivity index (χ0) is 86.4. The molecule has 5 aliphatic heterocycles. The topological polar surface area (TPSA) is 175 Å². The standard InChI is InChI=1S/C11H15N.C9H17N.C9H12.C8H15NO.C8H15N.2C8H11N.C7H10N2.C7H15N.2C6H9NS.C5H8N2O.C5H8N2S/c1-9(2)12-7-10-5-3-4-6-11(10)8-12;1-8(2)10-6-9(7-10)4-3-5-9;1-8(2)9-6-4-3-5-7-9;1-7(2)8(10)9-5-3-4-6-9;1-6(2)9-4-3-7-5-8(7)9;2*1-7(2)8-5-3-4-6-9-8;1-6(2)7-8-4-3-5-9-7;1-7(2)8-5-3-4-6-8;1-5(2)6-3-7-4-8-6;1-5(2)6-7-3-4-8-6;2*1-4(2)5-7-6-3-8-5/h3-6,9H,7-8H2,1-2H3;8H,3-7H2,1-2H3;3-8H,1-2H3;7H,3-6H2,1-2H3;6-8H,3-5H2,1-2H3;2*3-7H,1-2H3;3-6H,1-2H3;7H,3-6H2,1-2H3;2*3-5H,1-2H3;2*3-4H,1-2H3/t;;;;7-,8+;;;;;;;;/m....0......../s1. The Morgan fingerprint density at radius 1 is 0.444 bits per heavy atom. The SMILES string of the molecule is CC(C)C(=O)N1CCCC1.CC(C)N1CC2(CCC2)C1.CC(C)N1CCCC1.CC(C)N1CC[C@H]2C[C@H]21.CC(C)N1Cc2ccccc2C1.CC(C)c1ccccc1.CC(C)c1ccccn1.CC(C)c1ccccn1.CC(C)c1cncs1.CC(C)c1ncccn1.CC(C)c1nccs1.CC(C)c1nnco1.CC(C)c1nncs1. The first-order valence-corrected chi connectivity index (χ1v) is 46.6. The monoisotopic (exact) mass is 1660 g/mol. The Kier molecular flexibility index (Phi) is 49.5. The average Bonchev–Trinajstić information content (AvgIpc) is 1.76. The summed E-state index contributed by atoms with van der Waals surface area (Å²) in [6, 6.07) is 37.1. The molecule has 7 aromatic heterocycles. The van der Waals surface area contributed by atoms with Crippen LogP contribution in [-0.4, -0.2) is 157 Å². The minimum Gasteiger partial charge on any atom is -0.428 e. The van der Waals surface area contributed by atoms with Crippen molar-refractivity contribution in [2.24, 2.45) is 17.3 Å². The smallest absolute Gasteiger partial charge is 0.225 e. The van der Waals surface area contributed by atoms with E-state index in [1.54, 1.807) is 51.9 Å². The number of hydrogen-bond acceptors (Lipinski definition) is 19. The summed E-state index contributed by atoms with van der Waals surface area (Å²) < 4.78 is 4.87. The third kappa shape index (κ3) is 40.8. The number of pyridine rings is 2. The molecular weight excluding hydrogens is 1500 g/mol. The van der Waals surface area contributed by atoms with Gasteiger partial charge in [-0.25, -0.2) is 15.0 Å². The molecule has 2 aromatic carbocycles. The van der Waals surface area contributed by atoms with Gasteiger partial charge in [-0.15, -0.1) is 54.4 Å². The Morgan fingerprint density at radius 3 is 1.26 bits per heavy atom. The molecule has 2 aliphatic carbocycles. The molecule has 0 N–H and O–H groups in total. The number of carbonyl (C=O) groups excluding carboxylic acids is 1. The lowest BCUT2D eigenvalue weighted by molar-refractivity contribution is -0.133. The van der Waals surface area contributed by atoms with Crippen LogP contribution in [-0.2, 0) is 17.9 Å². The van der Waals surface area contributed by atoms with Crippen molar-refractivity contribution in [1.82, 2.24) is 74.8 Å². The fraction of sp³-hybridized carbons (Fsp3) is 0.619. The third-order valence-corrected chi connectivity index (χ3v) is 24.3. The van der Waals surface area contributed by atoms with Gasteiger partial charge < -0.3 is 14.2 Å². The summed E-state index contributed by atoms with van der Waals surface area (Å²) in [4.78, 5) is 49.4. The molecule has 2 saturated carbocycles. The number of fused-ring (bicyclic) bond motifs is 2. The van der Waals surface area contributed by atoms with Gasteiger partial charge in [-0.05, 0) is 208 Å². The van der Waals surface area contributed by atoms with E-state index in [2.05, 4.69) is 271 Å². The number of rotatable bonds is 13. The van der Waals surface area contributed by atoms with E-state index in [0.29, 0.717) is 65.2 Å². The maximum atomic E-state index is 11.3. The van der Waals surface area contributed by atoms with E-state index in [4.69, 9.17) is 4.42 Å². The summed E-state index contributed by atoms with van der Waals surface area (Å²) in [7, 11) is 0. The number of amides is 1. The summed E-state index contributed by atoms with van der Waals surface area (Å²) in [5, 5.41) is 19.2. The molecule has 4 saturated heterocycles. The molecular formula is C97H155N15O2S3. The second kappa shape index (κ2) is 56.6. The van der Waals surface area contributed by atoms with Crippen LogP contribution < -0.4 is 0 Å². The molecule has 1 spiro atoms. The van der Waals surface area contributed by atoms with Crippen molar-refractivity contribution in [3.63, 3.8) is 0 Å². The van der Waals surface area contributed by atoms with E-state index in [9.17, 15) is 4.79 Å². The highest BCUT2D eigenvalue weighted by Crippen LogP contribution is 2.49. The minimum atomic E-state index is 0.179. The van der Waals surface area contributed by atoms with Crippen molar-refractivity contribution >= 4 is 39.9 Å². The Labute approximate surface area is 722 Å². The van der Waals surface area contributed by atoms with Crippen LogP contribution in [0.3, 0.4) is 0 Å². The highest BCUT2D eigenvalue weighted by Gasteiger charge is 2.48. The van der Waals surface area contributed by atoms with Crippen LogP contribution in [0.2, 0.25) is 0 Å². The predicted octanol–water partition coefficient (Wildman–Crippen LogP) is 24.7. The van der Waals surface area contributed by atoms with Crippen LogP contribution in [0.4, 0.5) is 0 Å². The molecule has 20 heteroatoms. The second-order valence-electron chi connectivity index (χ2n) is 35.4. The van der Waals surface area contributed by atoms with E-state index in [0.717, 1.165) is 83.9 Å². The van der Waals surface area contributed by atoms with Gasteiger partial charge in [-0.2, -0.15) is 0 Å². The van der Waals surface area contributed by atoms with E-state index in [1.165, 1.54) is 123 Å². The average molecular weight is 1660 g/mol. The van der Waals surface area contributed by atoms with Crippen LogP contribution in [0, 0.1) is 17.3 Å². The summed E-state index contributed by atoms with van der Waals surface area (Å²) in [6.07, 6.45) is 25.0. The molecule has 6 fully saturated rings. The molecule has 0 radical (unpaired) electrons. The highest BCUT2D eigenvalue weighted by molar-refractivity contribution is 7.10. The van der Waals surface area contributed by atoms with Crippen molar-refractivity contribution in [3.05, 3.63) is 212 Å². The van der Waals surface area contributed by atoms with Crippen molar-refractivity contribution in [1.29, 1.82) is 0 Å². The van der Waals surface area contributed by atoms with Gasteiger partial charge >= 0.3 is 0 Å². The second-order valence-corrected chi connectivity index (χ2v) is 38.1. The molecule has 648 valence electrons. The van der Waals surface area contributed by atoms with Gasteiger partial charge in [-0.1, -0.05) is 198 Å². The molecule has 9 aromatic rings. The van der Waals surface area contributed by atoms with E-state index >= 15 is 0 Å². The zero-order valence-corrected chi connectivity index (χ0v) is 79.6. The van der Waals surface area contributed by atoms with Crippen LogP contribution in [0.25, 0.3) is 0 Å². The number of piperidine rings is 1. The van der Waals surface area contributed by atoms with Gasteiger partial charge in [0.15, 0.2) is 0 Å². The fourth-order valence-corrected chi connectivity index (χ4v) is 15.2. The first-order chi connectivity index (χ1) is 55.7. The summed E-state index contributed by atoms with van der Waals surface area (Å²) in [5.41, 5.74) is 11.2. The van der Waals surface area contributed by atoms with Crippen molar-refractivity contribution in [3.8, 4) is 0 Å². The third-order valence-electron chi connectivity index (χ3n) is 21.2. The first kappa shape index (κ1) is 102. The minimum absolute atomic E-state index is 0.179.